The molecule has 1 unspecified atom stereocenters. The molecule has 1 amide bonds. The van der Waals surface area contributed by atoms with E-state index in [9.17, 15) is 4.79 Å². The molecule has 29 heavy (non-hydrogen) atoms. The van der Waals surface area contributed by atoms with E-state index in [1.807, 2.05) is 18.2 Å². The van der Waals surface area contributed by atoms with E-state index in [4.69, 9.17) is 9.72 Å². The molecule has 1 N–H and O–H groups in total. The Labute approximate surface area is 173 Å². The summed E-state index contributed by atoms with van der Waals surface area (Å²) >= 11 is 0. The van der Waals surface area contributed by atoms with Gasteiger partial charge in [-0.1, -0.05) is 38.1 Å². The molecule has 3 aromatic rings. The van der Waals surface area contributed by atoms with Gasteiger partial charge >= 0.3 is 0 Å². The first-order valence-electron chi connectivity index (χ1n) is 10.5. The van der Waals surface area contributed by atoms with Crippen molar-refractivity contribution in [3.05, 3.63) is 59.9 Å². The highest BCUT2D eigenvalue weighted by Crippen LogP contribution is 2.22. The molecule has 3 rings (SSSR count). The number of hydrogen-bond acceptors (Lipinski definition) is 3. The summed E-state index contributed by atoms with van der Waals surface area (Å²) in [6, 6.07) is 16.6. The van der Waals surface area contributed by atoms with E-state index >= 15 is 0 Å². The number of aromatic nitrogens is 2. The van der Waals surface area contributed by atoms with Gasteiger partial charge in [0.15, 0.2) is 0 Å². The Morgan fingerprint density at radius 2 is 1.93 bits per heavy atom. The largest absolute Gasteiger partial charge is 0.494 e. The second-order valence-corrected chi connectivity index (χ2v) is 7.48. The lowest BCUT2D eigenvalue weighted by Crippen LogP contribution is -2.23. The third-order valence-corrected chi connectivity index (χ3v) is 5.31. The van der Waals surface area contributed by atoms with Crippen molar-refractivity contribution in [3.63, 3.8) is 0 Å². The number of ether oxygens (including phenoxy) is 1. The Morgan fingerprint density at radius 1 is 1.17 bits per heavy atom. The van der Waals surface area contributed by atoms with Gasteiger partial charge in [-0.15, -0.1) is 0 Å². The highest BCUT2D eigenvalue weighted by Gasteiger charge is 2.10. The van der Waals surface area contributed by atoms with E-state index in [0.29, 0.717) is 25.5 Å². The summed E-state index contributed by atoms with van der Waals surface area (Å²) in [5.41, 5.74) is 3.48. The van der Waals surface area contributed by atoms with E-state index in [-0.39, 0.29) is 5.91 Å². The number of rotatable bonds is 10. The average molecular weight is 394 g/mol. The smallest absolute Gasteiger partial charge is 0.216 e. The molecule has 0 aliphatic heterocycles. The number of nitrogens with zero attached hydrogens (tertiary/aromatic N) is 2. The lowest BCUT2D eigenvalue weighted by molar-refractivity contribution is -0.118. The summed E-state index contributed by atoms with van der Waals surface area (Å²) in [6.07, 6.45) is 2.75. The zero-order valence-electron chi connectivity index (χ0n) is 17.6. The Balaban J connectivity index is 1.58. The van der Waals surface area contributed by atoms with Crippen molar-refractivity contribution in [2.75, 3.05) is 13.2 Å². The van der Waals surface area contributed by atoms with Gasteiger partial charge in [-0.25, -0.2) is 4.98 Å². The summed E-state index contributed by atoms with van der Waals surface area (Å²) < 4.78 is 8.19. The number of hydrogen-bond donors (Lipinski definition) is 1. The van der Waals surface area contributed by atoms with Crippen LogP contribution in [0.3, 0.4) is 0 Å². The lowest BCUT2D eigenvalue weighted by Gasteiger charge is -2.12. The fourth-order valence-electron chi connectivity index (χ4n) is 3.46. The molecule has 5 nitrogen and oxygen atoms in total. The quantitative estimate of drug-likeness (QED) is 0.508. The number of amides is 1. The van der Waals surface area contributed by atoms with Crippen molar-refractivity contribution in [1.82, 2.24) is 14.9 Å². The number of fused-ring (bicyclic) bond motifs is 1. The van der Waals surface area contributed by atoms with Gasteiger partial charge in [0.1, 0.15) is 11.6 Å². The minimum atomic E-state index is -0.0135. The van der Waals surface area contributed by atoms with E-state index in [1.165, 1.54) is 12.5 Å². The van der Waals surface area contributed by atoms with Crippen molar-refractivity contribution in [1.29, 1.82) is 0 Å². The first-order valence-corrected chi connectivity index (χ1v) is 10.5. The number of benzene rings is 2. The van der Waals surface area contributed by atoms with E-state index < -0.39 is 0 Å². The zero-order valence-corrected chi connectivity index (χ0v) is 17.6. The maximum Gasteiger partial charge on any atom is 0.216 e. The number of imidazole rings is 1. The maximum absolute atomic E-state index is 11.2. The molecule has 2 aromatic carbocycles. The third-order valence-electron chi connectivity index (χ3n) is 5.31. The summed E-state index contributed by atoms with van der Waals surface area (Å²) in [5.74, 6) is 2.48. The number of aryl methyl sites for hydroxylation is 1. The van der Waals surface area contributed by atoms with Gasteiger partial charge in [0, 0.05) is 26.4 Å². The van der Waals surface area contributed by atoms with Crippen molar-refractivity contribution in [2.24, 2.45) is 0 Å². The first-order chi connectivity index (χ1) is 14.1. The van der Waals surface area contributed by atoms with Crippen LogP contribution in [0.2, 0.25) is 0 Å². The number of nitrogens with one attached hydrogen (secondary N) is 1. The van der Waals surface area contributed by atoms with Gasteiger partial charge in [0.05, 0.1) is 17.6 Å². The second-order valence-electron chi connectivity index (χ2n) is 7.48. The Kier molecular flexibility index (Phi) is 7.28. The van der Waals surface area contributed by atoms with Crippen LogP contribution in [0.4, 0.5) is 0 Å². The SMILES string of the molecule is CCC(C)c1ccc(OCCCn2c(CCNC(C)=O)nc3ccccc32)cc1. The van der Waals surface area contributed by atoms with Crippen LogP contribution >= 0.6 is 0 Å². The summed E-state index contributed by atoms with van der Waals surface area (Å²) in [4.78, 5) is 15.9. The fraction of sp³-hybridized carbons (Fsp3) is 0.417. The molecule has 0 aliphatic carbocycles. The molecule has 0 spiro atoms. The molecule has 5 heteroatoms. The highest BCUT2D eigenvalue weighted by molar-refractivity contribution is 5.76. The Morgan fingerprint density at radius 3 is 2.66 bits per heavy atom. The van der Waals surface area contributed by atoms with Gasteiger partial charge < -0.3 is 14.6 Å². The van der Waals surface area contributed by atoms with Gasteiger partial charge in [-0.05, 0) is 48.6 Å². The molecular formula is C24H31N3O2. The molecule has 1 aromatic heterocycles. The standard InChI is InChI=1S/C24H31N3O2/c1-4-18(2)20-10-12-21(13-11-20)29-17-7-16-27-23-9-6-5-8-22(23)26-24(27)14-15-25-19(3)28/h5-6,8-13,18H,4,7,14-17H2,1-3H3,(H,25,28). The molecular weight excluding hydrogens is 362 g/mol. The normalized spacial score (nSPS) is 12.1. The van der Waals surface area contributed by atoms with Crippen LogP contribution in [0.5, 0.6) is 5.75 Å². The molecule has 0 fully saturated rings. The van der Waals surface area contributed by atoms with Crippen LogP contribution in [-0.2, 0) is 17.8 Å². The molecule has 0 saturated heterocycles. The maximum atomic E-state index is 11.2. The number of carbonyl (C=O) groups excluding carboxylic acids is 1. The van der Waals surface area contributed by atoms with Crippen molar-refractivity contribution >= 4 is 16.9 Å². The molecule has 0 aliphatic rings. The molecule has 0 saturated carbocycles. The van der Waals surface area contributed by atoms with Crippen LogP contribution < -0.4 is 10.1 Å². The zero-order chi connectivity index (χ0) is 20.6. The Bertz CT molecular complexity index is 931. The van der Waals surface area contributed by atoms with Crippen LogP contribution in [0.25, 0.3) is 11.0 Å². The lowest BCUT2D eigenvalue weighted by atomic mass is 9.99. The third kappa shape index (κ3) is 5.59. The number of carbonyl (C=O) groups is 1. The minimum Gasteiger partial charge on any atom is -0.494 e. The van der Waals surface area contributed by atoms with Gasteiger partial charge in [-0.2, -0.15) is 0 Å². The summed E-state index contributed by atoms with van der Waals surface area (Å²) in [6.45, 7) is 8.07. The monoisotopic (exact) mass is 393 g/mol. The van der Waals surface area contributed by atoms with E-state index in [1.54, 1.807) is 0 Å². The molecule has 0 bridgehead atoms. The predicted molar refractivity (Wildman–Crippen MR) is 117 cm³/mol. The van der Waals surface area contributed by atoms with Crippen molar-refractivity contribution in [3.8, 4) is 5.75 Å². The van der Waals surface area contributed by atoms with Crippen molar-refractivity contribution < 1.29 is 9.53 Å². The molecule has 1 heterocycles. The molecule has 1 atom stereocenters. The minimum absolute atomic E-state index is 0.0135. The predicted octanol–water partition coefficient (Wildman–Crippen LogP) is 4.70. The Hall–Kier alpha value is -2.82. The van der Waals surface area contributed by atoms with Crippen LogP contribution in [0.1, 0.15) is 50.9 Å². The van der Waals surface area contributed by atoms with E-state index in [2.05, 4.69) is 54.1 Å². The van der Waals surface area contributed by atoms with E-state index in [0.717, 1.165) is 42.0 Å². The van der Waals surface area contributed by atoms with Crippen molar-refractivity contribution in [2.45, 2.75) is 52.5 Å². The summed E-state index contributed by atoms with van der Waals surface area (Å²) in [7, 11) is 0. The first kappa shape index (κ1) is 20.9. The van der Waals surface area contributed by atoms with Crippen LogP contribution in [0, 0.1) is 0 Å². The topological polar surface area (TPSA) is 56.1 Å². The molecule has 154 valence electrons. The van der Waals surface area contributed by atoms with Crippen LogP contribution in [-0.4, -0.2) is 28.6 Å². The number of para-hydroxylation sites is 2. The summed E-state index contributed by atoms with van der Waals surface area (Å²) in [5, 5.41) is 2.85. The van der Waals surface area contributed by atoms with Gasteiger partial charge in [0.25, 0.3) is 0 Å². The van der Waals surface area contributed by atoms with Crippen LogP contribution in [0.15, 0.2) is 48.5 Å². The van der Waals surface area contributed by atoms with Gasteiger partial charge in [0.2, 0.25) is 5.91 Å². The second kappa shape index (κ2) is 10.1. The van der Waals surface area contributed by atoms with Gasteiger partial charge in [-0.3, -0.25) is 4.79 Å². The highest BCUT2D eigenvalue weighted by atomic mass is 16.5. The fourth-order valence-corrected chi connectivity index (χ4v) is 3.46. The average Bonchev–Trinajstić information content (AvgIpc) is 3.08. The molecule has 0 radical (unpaired) electrons.